The minimum atomic E-state index is -4.15. The second kappa shape index (κ2) is 6.22. The van der Waals surface area contributed by atoms with Gasteiger partial charge < -0.3 is 0 Å². The lowest BCUT2D eigenvalue weighted by Crippen LogP contribution is -2.25. The number of nitro benzene ring substituents is 1. The van der Waals surface area contributed by atoms with Crippen LogP contribution < -0.4 is 4.72 Å². The molecule has 0 bridgehead atoms. The maximum absolute atomic E-state index is 13.7. The average molecular weight is 353 g/mol. The quantitative estimate of drug-likeness (QED) is 0.368. The van der Waals surface area contributed by atoms with E-state index in [1.165, 1.54) is 6.08 Å². The van der Waals surface area contributed by atoms with Crippen molar-refractivity contribution in [3.05, 3.63) is 45.2 Å². The molecule has 0 heterocycles. The van der Waals surface area contributed by atoms with Crippen LogP contribution >= 0.6 is 15.9 Å². The van der Waals surface area contributed by atoms with Crippen LogP contribution in [-0.4, -0.2) is 19.9 Å². The number of halogens is 2. The Labute approximate surface area is 117 Å². The summed E-state index contributed by atoms with van der Waals surface area (Å²) in [4.78, 5) is 9.07. The minimum absolute atomic E-state index is 0.0333. The van der Waals surface area contributed by atoms with Gasteiger partial charge in [-0.1, -0.05) is 6.08 Å². The molecule has 0 aliphatic rings. The maximum atomic E-state index is 13.7. The molecule has 0 aliphatic carbocycles. The van der Waals surface area contributed by atoms with Crippen molar-refractivity contribution in [2.24, 2.45) is 0 Å². The zero-order valence-corrected chi connectivity index (χ0v) is 12.0. The second-order valence-corrected chi connectivity index (χ2v) is 6.06. The molecule has 0 spiro atoms. The van der Waals surface area contributed by atoms with E-state index >= 15 is 0 Å². The van der Waals surface area contributed by atoms with Gasteiger partial charge in [-0.05, 0) is 22.4 Å². The Kier molecular flexibility index (Phi) is 5.15. The van der Waals surface area contributed by atoms with Crippen LogP contribution in [0, 0.1) is 15.9 Å². The van der Waals surface area contributed by atoms with Crippen molar-refractivity contribution in [1.82, 2.24) is 4.72 Å². The first-order valence-corrected chi connectivity index (χ1v) is 7.31. The molecule has 0 aromatic heterocycles. The smallest absolute Gasteiger partial charge is 0.258 e. The fourth-order valence-electron chi connectivity index (χ4n) is 1.22. The molecule has 0 aliphatic heterocycles. The molecule has 1 aromatic rings. The van der Waals surface area contributed by atoms with Crippen LogP contribution in [0.4, 0.5) is 10.1 Å². The van der Waals surface area contributed by atoms with Crippen molar-refractivity contribution in [2.45, 2.75) is 11.3 Å². The summed E-state index contributed by atoms with van der Waals surface area (Å²) in [6.07, 6.45) is 1.85. The van der Waals surface area contributed by atoms with Crippen LogP contribution in [0.15, 0.2) is 34.2 Å². The molecular formula is C10H10BrFN2O4S. The largest absolute Gasteiger partial charge is 0.272 e. The molecule has 0 radical (unpaired) electrons. The lowest BCUT2D eigenvalue weighted by Gasteiger charge is -2.07. The van der Waals surface area contributed by atoms with Crippen molar-refractivity contribution in [1.29, 1.82) is 0 Å². The van der Waals surface area contributed by atoms with Gasteiger partial charge in [0.2, 0.25) is 10.0 Å². The van der Waals surface area contributed by atoms with E-state index in [1.54, 1.807) is 0 Å². The van der Waals surface area contributed by atoms with Gasteiger partial charge in [-0.25, -0.2) is 17.5 Å². The molecule has 9 heteroatoms. The summed E-state index contributed by atoms with van der Waals surface area (Å²) < 4.78 is 39.2. The number of rotatable bonds is 6. The van der Waals surface area contributed by atoms with E-state index in [1.807, 2.05) is 0 Å². The van der Waals surface area contributed by atoms with Gasteiger partial charge in [-0.3, -0.25) is 10.1 Å². The SMILES string of the molecule is C=CCCNS(=O)(=O)c1cc([N+](=O)[O-])cc(Br)c1F. The summed E-state index contributed by atoms with van der Waals surface area (Å²) in [5, 5.41) is 10.6. The van der Waals surface area contributed by atoms with Crippen LogP contribution in [0.25, 0.3) is 0 Å². The fraction of sp³-hybridized carbons (Fsp3) is 0.200. The standard InChI is InChI=1S/C10H10BrFN2O4S/c1-2-3-4-13-19(17,18)9-6-7(14(15)16)5-8(11)10(9)12/h2,5-6,13H,1,3-4H2. The predicted molar refractivity (Wildman–Crippen MR) is 70.8 cm³/mol. The number of hydrogen-bond acceptors (Lipinski definition) is 4. The van der Waals surface area contributed by atoms with Crippen molar-refractivity contribution >= 4 is 31.6 Å². The molecular weight excluding hydrogens is 343 g/mol. The predicted octanol–water partition coefficient (Wildman–Crippen LogP) is 2.35. The van der Waals surface area contributed by atoms with E-state index in [0.29, 0.717) is 12.5 Å². The van der Waals surface area contributed by atoms with E-state index in [0.717, 1.165) is 6.07 Å². The Hall–Kier alpha value is -1.32. The number of sulfonamides is 1. The number of nitro groups is 1. The number of nitrogens with one attached hydrogen (secondary N) is 1. The molecule has 1 N–H and O–H groups in total. The van der Waals surface area contributed by atoms with E-state index in [4.69, 9.17) is 0 Å². The summed E-state index contributed by atoms with van der Waals surface area (Å²) in [5.74, 6) is -1.07. The summed E-state index contributed by atoms with van der Waals surface area (Å²) in [6, 6.07) is 1.58. The Balaban J connectivity index is 3.25. The highest BCUT2D eigenvalue weighted by Gasteiger charge is 2.24. The molecule has 1 rings (SSSR count). The summed E-state index contributed by atoms with van der Waals surface area (Å²) in [7, 11) is -4.15. The monoisotopic (exact) mass is 352 g/mol. The van der Waals surface area contributed by atoms with Gasteiger partial charge in [-0.2, -0.15) is 0 Å². The Bertz CT molecular complexity index is 618. The minimum Gasteiger partial charge on any atom is -0.258 e. The second-order valence-electron chi connectivity index (χ2n) is 3.47. The molecule has 1 aromatic carbocycles. The number of non-ortho nitro benzene ring substituents is 1. The number of nitrogens with zero attached hydrogens (tertiary/aromatic N) is 1. The average Bonchev–Trinajstić information content (AvgIpc) is 2.32. The van der Waals surface area contributed by atoms with Gasteiger partial charge in [0.05, 0.1) is 9.40 Å². The Morgan fingerprint density at radius 3 is 2.68 bits per heavy atom. The van der Waals surface area contributed by atoms with Crippen LogP contribution in [0.5, 0.6) is 0 Å². The fourth-order valence-corrected chi connectivity index (χ4v) is 2.97. The highest BCUT2D eigenvalue weighted by atomic mass is 79.9. The van der Waals surface area contributed by atoms with E-state index < -0.39 is 31.3 Å². The van der Waals surface area contributed by atoms with Gasteiger partial charge >= 0.3 is 0 Å². The zero-order valence-electron chi connectivity index (χ0n) is 9.60. The third kappa shape index (κ3) is 3.82. The van der Waals surface area contributed by atoms with Gasteiger partial charge in [-0.15, -0.1) is 6.58 Å². The van der Waals surface area contributed by atoms with Gasteiger partial charge in [0.1, 0.15) is 4.90 Å². The van der Waals surface area contributed by atoms with Crippen molar-refractivity contribution in [3.63, 3.8) is 0 Å². The lowest BCUT2D eigenvalue weighted by atomic mass is 10.3. The van der Waals surface area contributed by atoms with Crippen molar-refractivity contribution in [2.75, 3.05) is 6.54 Å². The first kappa shape index (κ1) is 15.7. The van der Waals surface area contributed by atoms with Gasteiger partial charge in [0, 0.05) is 18.7 Å². The molecule has 6 nitrogen and oxygen atoms in total. The third-order valence-corrected chi connectivity index (χ3v) is 4.16. The van der Waals surface area contributed by atoms with Crippen LogP contribution in [0.2, 0.25) is 0 Å². The van der Waals surface area contributed by atoms with Crippen molar-refractivity contribution < 1.29 is 17.7 Å². The summed E-state index contributed by atoms with van der Waals surface area (Å²) >= 11 is 2.75. The first-order valence-electron chi connectivity index (χ1n) is 5.03. The molecule has 19 heavy (non-hydrogen) atoms. The van der Waals surface area contributed by atoms with Gasteiger partial charge in [0.25, 0.3) is 5.69 Å². The lowest BCUT2D eigenvalue weighted by molar-refractivity contribution is -0.385. The zero-order chi connectivity index (χ0) is 14.6. The summed E-state index contributed by atoms with van der Waals surface area (Å²) in [6.45, 7) is 3.45. The molecule has 0 amide bonds. The van der Waals surface area contributed by atoms with Crippen LogP contribution in [0.1, 0.15) is 6.42 Å². The van der Waals surface area contributed by atoms with E-state index in [-0.39, 0.29) is 11.0 Å². The maximum Gasteiger partial charge on any atom is 0.272 e. The number of benzene rings is 1. The van der Waals surface area contributed by atoms with E-state index in [9.17, 15) is 22.9 Å². The topological polar surface area (TPSA) is 89.3 Å². The Morgan fingerprint density at radius 1 is 1.53 bits per heavy atom. The molecule has 0 unspecified atom stereocenters. The number of hydrogen-bond donors (Lipinski definition) is 1. The van der Waals surface area contributed by atoms with Crippen LogP contribution in [0.3, 0.4) is 0 Å². The molecule has 104 valence electrons. The Morgan fingerprint density at radius 2 is 2.16 bits per heavy atom. The molecule has 0 saturated carbocycles. The van der Waals surface area contributed by atoms with Gasteiger partial charge in [0.15, 0.2) is 5.82 Å². The third-order valence-electron chi connectivity index (χ3n) is 2.12. The van der Waals surface area contributed by atoms with Crippen LogP contribution in [-0.2, 0) is 10.0 Å². The van der Waals surface area contributed by atoms with E-state index in [2.05, 4.69) is 27.2 Å². The highest BCUT2D eigenvalue weighted by molar-refractivity contribution is 9.10. The summed E-state index contributed by atoms with van der Waals surface area (Å²) in [5.41, 5.74) is -0.516. The molecule has 0 saturated heterocycles. The van der Waals surface area contributed by atoms with Crippen molar-refractivity contribution in [3.8, 4) is 0 Å². The molecule has 0 atom stereocenters. The molecule has 0 fully saturated rings. The normalized spacial score (nSPS) is 11.3. The highest BCUT2D eigenvalue weighted by Crippen LogP contribution is 2.28. The first-order chi connectivity index (χ1) is 8.79.